The minimum absolute atomic E-state index is 0.0366. The lowest BCUT2D eigenvalue weighted by Gasteiger charge is -2.29. The molecule has 0 bridgehead atoms. The summed E-state index contributed by atoms with van der Waals surface area (Å²) in [5.41, 5.74) is -0.797. The van der Waals surface area contributed by atoms with Crippen molar-refractivity contribution in [2.24, 2.45) is 5.41 Å². The first-order valence-electron chi connectivity index (χ1n) is 9.17. The first-order chi connectivity index (χ1) is 13.8. The summed E-state index contributed by atoms with van der Waals surface area (Å²) in [7, 11) is 1.44. The van der Waals surface area contributed by atoms with E-state index in [2.05, 4.69) is 20.5 Å². The van der Waals surface area contributed by atoms with Crippen molar-refractivity contribution < 1.29 is 31.9 Å². The summed E-state index contributed by atoms with van der Waals surface area (Å²) in [4.78, 5) is 25.0. The Morgan fingerprint density at radius 2 is 1.90 bits per heavy atom. The number of alkyl halides is 3. The second kappa shape index (κ2) is 8.99. The zero-order chi connectivity index (χ0) is 22.7. The number of benzene rings is 1. The molecule has 0 radical (unpaired) electrons. The predicted molar refractivity (Wildman–Crippen MR) is 101 cm³/mol. The smallest absolute Gasteiger partial charge is 0.370 e. The van der Waals surface area contributed by atoms with Crippen molar-refractivity contribution in [3.8, 4) is 0 Å². The Labute approximate surface area is 170 Å². The SMILES string of the molecule is CNC(=O)C(NC(=O)c1nn(CCOCC(F)(F)F)c2c(F)cccc12)C(C)(C)C. The highest BCUT2D eigenvalue weighted by atomic mass is 19.4. The molecule has 7 nitrogen and oxygen atoms in total. The van der Waals surface area contributed by atoms with E-state index in [9.17, 15) is 27.2 Å². The normalized spacial score (nSPS) is 13.3. The Bertz CT molecular complexity index is 919. The van der Waals surface area contributed by atoms with Gasteiger partial charge in [0.1, 0.15) is 24.0 Å². The monoisotopic (exact) mass is 432 g/mol. The van der Waals surface area contributed by atoms with Crippen LogP contribution in [0.3, 0.4) is 0 Å². The van der Waals surface area contributed by atoms with Crippen LogP contribution in [0.2, 0.25) is 0 Å². The van der Waals surface area contributed by atoms with Crippen LogP contribution in [0.5, 0.6) is 0 Å². The van der Waals surface area contributed by atoms with E-state index in [1.807, 2.05) is 0 Å². The average Bonchev–Trinajstić information content (AvgIpc) is 3.01. The fourth-order valence-electron chi connectivity index (χ4n) is 2.88. The van der Waals surface area contributed by atoms with Gasteiger partial charge in [-0.1, -0.05) is 32.9 Å². The molecule has 2 aromatic rings. The van der Waals surface area contributed by atoms with Gasteiger partial charge in [0.25, 0.3) is 5.91 Å². The Morgan fingerprint density at radius 3 is 2.47 bits per heavy atom. The third kappa shape index (κ3) is 5.68. The molecule has 1 aromatic carbocycles. The van der Waals surface area contributed by atoms with Crippen LogP contribution in [0.15, 0.2) is 18.2 Å². The summed E-state index contributed by atoms with van der Waals surface area (Å²) in [5.74, 6) is -1.80. The summed E-state index contributed by atoms with van der Waals surface area (Å²) >= 11 is 0. The van der Waals surface area contributed by atoms with Crippen LogP contribution in [-0.4, -0.2) is 54.1 Å². The van der Waals surface area contributed by atoms with Crippen LogP contribution in [0, 0.1) is 11.2 Å². The van der Waals surface area contributed by atoms with Gasteiger partial charge in [-0.2, -0.15) is 18.3 Å². The second-order valence-electron chi connectivity index (χ2n) is 7.76. The molecule has 30 heavy (non-hydrogen) atoms. The summed E-state index contributed by atoms with van der Waals surface area (Å²) in [6, 6.07) is 3.13. The van der Waals surface area contributed by atoms with Crippen LogP contribution < -0.4 is 10.6 Å². The molecule has 1 heterocycles. The molecule has 2 rings (SSSR count). The third-order valence-corrected chi connectivity index (χ3v) is 4.30. The van der Waals surface area contributed by atoms with Gasteiger partial charge in [0.2, 0.25) is 5.91 Å². The lowest BCUT2D eigenvalue weighted by molar-refractivity contribution is -0.174. The highest BCUT2D eigenvalue weighted by Gasteiger charge is 2.33. The zero-order valence-corrected chi connectivity index (χ0v) is 17.1. The molecule has 1 unspecified atom stereocenters. The molecule has 0 fully saturated rings. The Hall–Kier alpha value is -2.69. The minimum Gasteiger partial charge on any atom is -0.370 e. The number of para-hydroxylation sites is 1. The van der Waals surface area contributed by atoms with E-state index in [0.29, 0.717) is 0 Å². The Balaban J connectivity index is 2.32. The van der Waals surface area contributed by atoms with Crippen molar-refractivity contribution in [2.45, 2.75) is 39.5 Å². The molecule has 0 aliphatic rings. The lowest BCUT2D eigenvalue weighted by Crippen LogP contribution is -2.53. The molecule has 2 amide bonds. The number of hydrogen-bond donors (Lipinski definition) is 2. The van der Waals surface area contributed by atoms with Crippen LogP contribution in [-0.2, 0) is 16.1 Å². The van der Waals surface area contributed by atoms with E-state index in [-0.39, 0.29) is 29.7 Å². The Kier molecular flexibility index (Phi) is 7.06. The maximum atomic E-state index is 14.4. The van der Waals surface area contributed by atoms with Crippen molar-refractivity contribution in [1.29, 1.82) is 0 Å². The van der Waals surface area contributed by atoms with E-state index in [1.165, 1.54) is 19.2 Å². The molecule has 11 heteroatoms. The number of carbonyl (C=O) groups excluding carboxylic acids is 2. The fraction of sp³-hybridized carbons (Fsp3) is 0.526. The molecule has 1 aromatic heterocycles. The van der Waals surface area contributed by atoms with Gasteiger partial charge in [0.05, 0.1) is 13.2 Å². The summed E-state index contributed by atoms with van der Waals surface area (Å²) in [6.45, 7) is 3.28. The maximum Gasteiger partial charge on any atom is 0.411 e. The van der Waals surface area contributed by atoms with Crippen molar-refractivity contribution in [2.75, 3.05) is 20.3 Å². The molecular formula is C19H24F4N4O3. The molecule has 0 spiro atoms. The van der Waals surface area contributed by atoms with Crippen LogP contribution in [0.1, 0.15) is 31.3 Å². The van der Waals surface area contributed by atoms with Gasteiger partial charge in [-0.25, -0.2) is 4.39 Å². The van der Waals surface area contributed by atoms with Crippen LogP contribution in [0.25, 0.3) is 10.9 Å². The number of hydrogen-bond acceptors (Lipinski definition) is 4. The molecule has 0 aliphatic heterocycles. The van der Waals surface area contributed by atoms with Crippen molar-refractivity contribution >= 4 is 22.7 Å². The number of amides is 2. The van der Waals surface area contributed by atoms with Crippen molar-refractivity contribution in [3.05, 3.63) is 29.7 Å². The van der Waals surface area contributed by atoms with Gasteiger partial charge in [-0.05, 0) is 11.5 Å². The largest absolute Gasteiger partial charge is 0.411 e. The molecule has 1 atom stereocenters. The molecule has 2 N–H and O–H groups in total. The maximum absolute atomic E-state index is 14.4. The molecule has 166 valence electrons. The number of halogens is 4. The quantitative estimate of drug-likeness (QED) is 0.520. The van der Waals surface area contributed by atoms with Gasteiger partial charge in [0.15, 0.2) is 5.69 Å². The summed E-state index contributed by atoms with van der Waals surface area (Å²) in [5, 5.41) is 9.34. The van der Waals surface area contributed by atoms with Gasteiger partial charge in [-0.3, -0.25) is 14.3 Å². The van der Waals surface area contributed by atoms with Gasteiger partial charge in [-0.15, -0.1) is 0 Å². The van der Waals surface area contributed by atoms with E-state index < -0.39 is 41.9 Å². The van der Waals surface area contributed by atoms with Crippen LogP contribution >= 0.6 is 0 Å². The predicted octanol–water partition coefficient (Wildman–Crippen LogP) is 2.64. The lowest BCUT2D eigenvalue weighted by atomic mass is 9.86. The molecular weight excluding hydrogens is 408 g/mol. The first-order valence-corrected chi connectivity index (χ1v) is 9.17. The molecule has 0 saturated carbocycles. The number of rotatable bonds is 7. The number of fused-ring (bicyclic) bond motifs is 1. The zero-order valence-electron chi connectivity index (χ0n) is 17.1. The van der Waals surface area contributed by atoms with Gasteiger partial charge in [0, 0.05) is 12.4 Å². The van der Waals surface area contributed by atoms with Crippen molar-refractivity contribution in [1.82, 2.24) is 20.4 Å². The van der Waals surface area contributed by atoms with Crippen molar-refractivity contribution in [3.63, 3.8) is 0 Å². The standard InChI is InChI=1S/C19H24F4N4O3/c1-18(2,3)15(17(29)24-4)25-16(28)13-11-6-5-7-12(20)14(11)27(26-13)8-9-30-10-19(21,22)23/h5-7,15H,8-10H2,1-4H3,(H,24,29)(H,25,28). The third-order valence-electron chi connectivity index (χ3n) is 4.30. The number of likely N-dealkylation sites (N-methyl/N-ethyl adjacent to an activating group) is 1. The topological polar surface area (TPSA) is 85.3 Å². The fourth-order valence-corrected chi connectivity index (χ4v) is 2.88. The number of ether oxygens (including phenoxy) is 1. The van der Waals surface area contributed by atoms with E-state index >= 15 is 0 Å². The minimum atomic E-state index is -4.48. The summed E-state index contributed by atoms with van der Waals surface area (Å²) < 4.78 is 56.7. The number of aromatic nitrogens is 2. The summed E-state index contributed by atoms with van der Waals surface area (Å²) in [6.07, 6.45) is -4.48. The number of nitrogens with zero attached hydrogens (tertiary/aromatic N) is 2. The number of carbonyl (C=O) groups is 2. The van der Waals surface area contributed by atoms with Gasteiger partial charge < -0.3 is 15.4 Å². The molecule has 0 aliphatic carbocycles. The number of nitrogens with one attached hydrogen (secondary N) is 2. The van der Waals surface area contributed by atoms with Crippen LogP contribution in [0.4, 0.5) is 17.6 Å². The highest BCUT2D eigenvalue weighted by molar-refractivity contribution is 6.06. The molecule has 0 saturated heterocycles. The Morgan fingerprint density at radius 1 is 1.23 bits per heavy atom. The van der Waals surface area contributed by atoms with Gasteiger partial charge >= 0.3 is 6.18 Å². The second-order valence-corrected chi connectivity index (χ2v) is 7.76. The van der Waals surface area contributed by atoms with E-state index in [4.69, 9.17) is 0 Å². The highest BCUT2D eigenvalue weighted by Crippen LogP contribution is 2.24. The first kappa shape index (κ1) is 23.6. The average molecular weight is 432 g/mol. The van der Waals surface area contributed by atoms with E-state index in [1.54, 1.807) is 20.8 Å². The van der Waals surface area contributed by atoms with E-state index in [0.717, 1.165) is 10.7 Å².